The molecular formula is C20H25N3O. The predicted octanol–water partition coefficient (Wildman–Crippen LogP) is 3.13. The number of benzene rings is 1. The Labute approximate surface area is 143 Å². The van der Waals surface area contributed by atoms with Gasteiger partial charge in [-0.2, -0.15) is 0 Å². The lowest BCUT2D eigenvalue weighted by molar-refractivity contribution is 0.0785. The van der Waals surface area contributed by atoms with Crippen LogP contribution in [0.25, 0.3) is 0 Å². The lowest BCUT2D eigenvalue weighted by Gasteiger charge is -2.23. The van der Waals surface area contributed by atoms with E-state index in [2.05, 4.69) is 22.4 Å². The number of carbonyl (C=O) groups is 1. The van der Waals surface area contributed by atoms with Crippen LogP contribution in [0.4, 0.5) is 0 Å². The molecule has 0 saturated carbocycles. The molecule has 2 aromatic rings. The number of piperidine rings is 1. The summed E-state index contributed by atoms with van der Waals surface area (Å²) in [5, 5.41) is 3.44. The van der Waals surface area contributed by atoms with Gasteiger partial charge in [0.1, 0.15) is 0 Å². The Hall–Kier alpha value is -2.20. The van der Waals surface area contributed by atoms with Gasteiger partial charge in [-0.15, -0.1) is 0 Å². The number of nitrogens with zero attached hydrogens (tertiary/aromatic N) is 2. The van der Waals surface area contributed by atoms with E-state index in [-0.39, 0.29) is 5.91 Å². The molecule has 1 atom stereocenters. The summed E-state index contributed by atoms with van der Waals surface area (Å²) in [5.41, 5.74) is 4.31. The molecule has 126 valence electrons. The minimum absolute atomic E-state index is 0.0551. The number of pyridine rings is 1. The van der Waals surface area contributed by atoms with Gasteiger partial charge in [0.2, 0.25) is 0 Å². The van der Waals surface area contributed by atoms with Crippen LogP contribution in [0, 0.1) is 6.92 Å². The lowest BCUT2D eigenvalue weighted by atomic mass is 9.91. The summed E-state index contributed by atoms with van der Waals surface area (Å²) in [4.78, 5) is 18.5. The van der Waals surface area contributed by atoms with Gasteiger partial charge in [0.25, 0.3) is 5.91 Å². The molecule has 3 rings (SSSR count). The Balaban J connectivity index is 1.67. The number of hydrogen-bond acceptors (Lipinski definition) is 3. The first-order valence-corrected chi connectivity index (χ1v) is 8.61. The Morgan fingerprint density at radius 2 is 2.08 bits per heavy atom. The minimum atomic E-state index is 0.0551. The highest BCUT2D eigenvalue weighted by Gasteiger charge is 2.17. The molecule has 1 amide bonds. The molecule has 24 heavy (non-hydrogen) atoms. The monoisotopic (exact) mass is 323 g/mol. The van der Waals surface area contributed by atoms with Gasteiger partial charge in [-0.3, -0.25) is 9.78 Å². The van der Waals surface area contributed by atoms with Crippen LogP contribution < -0.4 is 5.32 Å². The van der Waals surface area contributed by atoms with E-state index in [4.69, 9.17) is 0 Å². The van der Waals surface area contributed by atoms with E-state index in [1.807, 2.05) is 38.4 Å². The van der Waals surface area contributed by atoms with Gasteiger partial charge < -0.3 is 10.2 Å². The number of nitrogens with one attached hydrogen (secondary N) is 1. The van der Waals surface area contributed by atoms with Crippen LogP contribution in [-0.4, -0.2) is 35.9 Å². The first kappa shape index (κ1) is 16.7. The van der Waals surface area contributed by atoms with Gasteiger partial charge in [0.15, 0.2) is 0 Å². The topological polar surface area (TPSA) is 45.2 Å². The quantitative estimate of drug-likeness (QED) is 0.940. The van der Waals surface area contributed by atoms with E-state index in [0.29, 0.717) is 12.5 Å². The van der Waals surface area contributed by atoms with Gasteiger partial charge >= 0.3 is 0 Å². The van der Waals surface area contributed by atoms with E-state index in [9.17, 15) is 4.79 Å². The lowest BCUT2D eigenvalue weighted by Crippen LogP contribution is -2.28. The second kappa shape index (κ2) is 7.58. The van der Waals surface area contributed by atoms with Crippen LogP contribution in [0.1, 0.15) is 45.8 Å². The van der Waals surface area contributed by atoms with Gasteiger partial charge in [-0.25, -0.2) is 0 Å². The van der Waals surface area contributed by atoms with Crippen LogP contribution in [0.2, 0.25) is 0 Å². The largest absolute Gasteiger partial charge is 0.337 e. The molecule has 0 radical (unpaired) electrons. The second-order valence-corrected chi connectivity index (χ2v) is 6.63. The zero-order valence-electron chi connectivity index (χ0n) is 14.5. The Morgan fingerprint density at radius 1 is 1.29 bits per heavy atom. The van der Waals surface area contributed by atoms with Crippen molar-refractivity contribution in [2.75, 3.05) is 20.1 Å². The van der Waals surface area contributed by atoms with Crippen molar-refractivity contribution in [3.05, 3.63) is 65.0 Å². The van der Waals surface area contributed by atoms with Crippen LogP contribution >= 0.6 is 0 Å². The molecule has 1 fully saturated rings. The van der Waals surface area contributed by atoms with Crippen molar-refractivity contribution in [2.24, 2.45) is 0 Å². The normalized spacial score (nSPS) is 17.5. The fraction of sp³-hybridized carbons (Fsp3) is 0.400. The number of hydrogen-bond donors (Lipinski definition) is 1. The molecule has 2 heterocycles. The van der Waals surface area contributed by atoms with Crippen molar-refractivity contribution < 1.29 is 4.79 Å². The minimum Gasteiger partial charge on any atom is -0.337 e. The molecule has 1 aromatic carbocycles. The van der Waals surface area contributed by atoms with E-state index < -0.39 is 0 Å². The van der Waals surface area contributed by atoms with E-state index >= 15 is 0 Å². The average Bonchev–Trinajstić information content (AvgIpc) is 2.64. The van der Waals surface area contributed by atoms with Crippen molar-refractivity contribution in [3.63, 3.8) is 0 Å². The summed E-state index contributed by atoms with van der Waals surface area (Å²) in [6, 6.07) is 10.1. The molecule has 1 saturated heterocycles. The Kier molecular flexibility index (Phi) is 5.26. The van der Waals surface area contributed by atoms with E-state index in [1.54, 1.807) is 11.1 Å². The van der Waals surface area contributed by atoms with E-state index in [1.165, 1.54) is 18.4 Å². The molecule has 1 aliphatic heterocycles. The molecule has 0 spiro atoms. The zero-order chi connectivity index (χ0) is 16.9. The van der Waals surface area contributed by atoms with Crippen LogP contribution in [-0.2, 0) is 6.54 Å². The zero-order valence-corrected chi connectivity index (χ0v) is 14.5. The van der Waals surface area contributed by atoms with Crippen LogP contribution in [0.5, 0.6) is 0 Å². The highest BCUT2D eigenvalue weighted by molar-refractivity contribution is 5.94. The Bertz CT molecular complexity index is 690. The highest BCUT2D eigenvalue weighted by atomic mass is 16.2. The van der Waals surface area contributed by atoms with Gasteiger partial charge in [0.05, 0.1) is 0 Å². The fourth-order valence-electron chi connectivity index (χ4n) is 3.26. The van der Waals surface area contributed by atoms with Crippen molar-refractivity contribution >= 4 is 5.91 Å². The molecule has 1 aliphatic rings. The number of carbonyl (C=O) groups excluding carboxylic acids is 1. The van der Waals surface area contributed by atoms with Crippen molar-refractivity contribution in [1.29, 1.82) is 0 Å². The molecule has 1 aromatic heterocycles. The summed E-state index contributed by atoms with van der Waals surface area (Å²) in [7, 11) is 1.85. The summed E-state index contributed by atoms with van der Waals surface area (Å²) < 4.78 is 0. The van der Waals surface area contributed by atoms with Crippen molar-refractivity contribution in [1.82, 2.24) is 15.2 Å². The fourth-order valence-corrected chi connectivity index (χ4v) is 3.26. The predicted molar refractivity (Wildman–Crippen MR) is 96.1 cm³/mol. The van der Waals surface area contributed by atoms with Crippen LogP contribution in [0.3, 0.4) is 0 Å². The summed E-state index contributed by atoms with van der Waals surface area (Å²) in [6.45, 7) is 4.77. The maximum atomic E-state index is 12.6. The van der Waals surface area contributed by atoms with Crippen molar-refractivity contribution in [3.8, 4) is 0 Å². The SMILES string of the molecule is Cc1cnccc1CN(C)C(=O)c1ccc([C@@H]2CCCNC2)cc1. The first-order valence-electron chi connectivity index (χ1n) is 8.61. The molecule has 0 aliphatic carbocycles. The van der Waals surface area contributed by atoms with Gasteiger partial charge in [-0.1, -0.05) is 12.1 Å². The third-order valence-electron chi connectivity index (χ3n) is 4.82. The summed E-state index contributed by atoms with van der Waals surface area (Å²) in [5.74, 6) is 0.625. The average molecular weight is 323 g/mol. The second-order valence-electron chi connectivity index (χ2n) is 6.63. The molecule has 0 bridgehead atoms. The van der Waals surface area contributed by atoms with E-state index in [0.717, 1.165) is 29.8 Å². The number of aryl methyl sites for hydroxylation is 1. The number of aromatic nitrogens is 1. The molecule has 0 unspecified atom stereocenters. The van der Waals surface area contributed by atoms with Crippen LogP contribution in [0.15, 0.2) is 42.7 Å². The highest BCUT2D eigenvalue weighted by Crippen LogP contribution is 2.23. The maximum absolute atomic E-state index is 12.6. The maximum Gasteiger partial charge on any atom is 0.253 e. The molecule has 4 heteroatoms. The van der Waals surface area contributed by atoms with Gasteiger partial charge in [-0.05, 0) is 67.1 Å². The number of rotatable bonds is 4. The summed E-state index contributed by atoms with van der Waals surface area (Å²) >= 11 is 0. The smallest absolute Gasteiger partial charge is 0.253 e. The molecular weight excluding hydrogens is 298 g/mol. The Morgan fingerprint density at radius 3 is 2.75 bits per heavy atom. The number of amides is 1. The summed E-state index contributed by atoms with van der Waals surface area (Å²) in [6.07, 6.45) is 6.05. The molecule has 1 N–H and O–H groups in total. The molecule has 4 nitrogen and oxygen atoms in total. The van der Waals surface area contributed by atoms with Gasteiger partial charge in [0, 0.05) is 38.1 Å². The van der Waals surface area contributed by atoms with Crippen molar-refractivity contribution in [2.45, 2.75) is 32.2 Å². The third-order valence-corrected chi connectivity index (χ3v) is 4.82. The third kappa shape index (κ3) is 3.82. The first-order chi connectivity index (χ1) is 11.6. The standard InChI is InChI=1S/C20H25N3O/c1-15-12-22-11-9-19(15)14-23(2)20(24)17-7-5-16(6-8-17)18-4-3-10-21-13-18/h5-9,11-12,18,21H,3-4,10,13-14H2,1-2H3/t18-/m1/s1.